The highest BCUT2D eigenvalue weighted by molar-refractivity contribution is 5.93. The second kappa shape index (κ2) is 11.7. The Morgan fingerprint density at radius 2 is 1.74 bits per heavy atom. The zero-order valence-corrected chi connectivity index (χ0v) is 17.7. The van der Waals surface area contributed by atoms with Gasteiger partial charge in [-0.3, -0.25) is 4.79 Å². The first-order valence-electron chi connectivity index (χ1n) is 9.82. The zero-order valence-electron chi connectivity index (χ0n) is 17.7. The van der Waals surface area contributed by atoms with E-state index in [4.69, 9.17) is 4.74 Å². The molecule has 1 unspecified atom stereocenters. The Morgan fingerprint density at radius 1 is 1.03 bits per heavy atom. The Kier molecular flexibility index (Phi) is 9.05. The molecule has 2 aromatic rings. The van der Waals surface area contributed by atoms with Crippen molar-refractivity contribution in [3.8, 4) is 11.5 Å². The summed E-state index contributed by atoms with van der Waals surface area (Å²) in [5.41, 5.74) is 1.30. The molecule has 0 radical (unpaired) electrons. The van der Waals surface area contributed by atoms with Gasteiger partial charge in [0.25, 0.3) is 0 Å². The van der Waals surface area contributed by atoms with Crippen molar-refractivity contribution >= 4 is 17.6 Å². The second-order valence-electron chi connectivity index (χ2n) is 7.09. The minimum atomic E-state index is -2.97. The third-order valence-electron chi connectivity index (χ3n) is 4.42. The first-order chi connectivity index (χ1) is 14.8. The average molecular weight is 435 g/mol. The summed E-state index contributed by atoms with van der Waals surface area (Å²) in [4.78, 5) is 24.8. The van der Waals surface area contributed by atoms with Crippen molar-refractivity contribution in [1.29, 1.82) is 0 Å². The van der Waals surface area contributed by atoms with E-state index in [1.165, 1.54) is 19.2 Å². The number of benzene rings is 2. The number of anilines is 1. The predicted octanol–water partition coefficient (Wildman–Crippen LogP) is 3.80. The Morgan fingerprint density at radius 3 is 2.35 bits per heavy atom. The van der Waals surface area contributed by atoms with Crippen molar-refractivity contribution in [2.45, 2.75) is 32.9 Å². The number of rotatable bonds is 10. The number of urea groups is 1. The molecule has 2 aromatic carbocycles. The van der Waals surface area contributed by atoms with Gasteiger partial charge in [-0.15, -0.1) is 0 Å². The Bertz CT molecular complexity index is 863. The number of carbonyl (C=O) groups is 2. The standard InChI is InChI=1S/C22H27F2N3O4/c1-14(2)19(27-22(29)26-16-7-5-4-6-8-16)20(28)25-12-11-15-9-10-17(30-3)18(13-15)31-21(23)24/h4-10,13-14,19,21H,11-12H2,1-3H3,(H,25,28)(H2,26,27,29). The topological polar surface area (TPSA) is 88.7 Å². The summed E-state index contributed by atoms with van der Waals surface area (Å²) in [6.07, 6.45) is 0.385. The van der Waals surface area contributed by atoms with Crippen molar-refractivity contribution in [2.75, 3.05) is 19.0 Å². The van der Waals surface area contributed by atoms with Gasteiger partial charge < -0.3 is 25.4 Å². The molecule has 168 valence electrons. The minimum Gasteiger partial charge on any atom is -0.493 e. The van der Waals surface area contributed by atoms with Gasteiger partial charge in [0, 0.05) is 12.2 Å². The van der Waals surface area contributed by atoms with E-state index < -0.39 is 18.7 Å². The van der Waals surface area contributed by atoms with Crippen LogP contribution in [0.5, 0.6) is 11.5 Å². The molecule has 0 aliphatic carbocycles. The number of para-hydroxylation sites is 1. The first kappa shape index (κ1) is 23.9. The monoisotopic (exact) mass is 435 g/mol. The summed E-state index contributed by atoms with van der Waals surface area (Å²) < 4.78 is 34.6. The molecule has 0 aromatic heterocycles. The number of ether oxygens (including phenoxy) is 2. The molecule has 3 amide bonds. The summed E-state index contributed by atoms with van der Waals surface area (Å²) in [6.45, 7) is 0.933. The molecule has 3 N–H and O–H groups in total. The lowest BCUT2D eigenvalue weighted by Crippen LogP contribution is -2.51. The number of hydrogen-bond donors (Lipinski definition) is 3. The van der Waals surface area contributed by atoms with Crippen molar-refractivity contribution in [2.24, 2.45) is 5.92 Å². The van der Waals surface area contributed by atoms with Crippen LogP contribution in [0.1, 0.15) is 19.4 Å². The molecule has 9 heteroatoms. The molecule has 0 aliphatic heterocycles. The third kappa shape index (κ3) is 7.76. The van der Waals surface area contributed by atoms with E-state index in [1.807, 2.05) is 19.9 Å². The molecule has 0 heterocycles. The van der Waals surface area contributed by atoms with Gasteiger partial charge in [0.2, 0.25) is 5.91 Å². The number of nitrogens with one attached hydrogen (secondary N) is 3. The van der Waals surface area contributed by atoms with Gasteiger partial charge in [-0.2, -0.15) is 8.78 Å². The summed E-state index contributed by atoms with van der Waals surface area (Å²) >= 11 is 0. The number of amides is 3. The van der Waals surface area contributed by atoms with Crippen LogP contribution in [0.2, 0.25) is 0 Å². The van der Waals surface area contributed by atoms with Crippen LogP contribution in [0.3, 0.4) is 0 Å². The molecule has 0 saturated carbocycles. The number of methoxy groups -OCH3 is 1. The van der Waals surface area contributed by atoms with Gasteiger partial charge in [0.15, 0.2) is 11.5 Å². The van der Waals surface area contributed by atoms with E-state index in [0.717, 1.165) is 0 Å². The highest BCUT2D eigenvalue weighted by Gasteiger charge is 2.24. The maximum atomic E-state index is 12.6. The number of alkyl halides is 2. The van der Waals surface area contributed by atoms with Crippen molar-refractivity contribution < 1.29 is 27.8 Å². The number of halogens is 2. The molecule has 0 saturated heterocycles. The van der Waals surface area contributed by atoms with E-state index in [1.54, 1.807) is 30.3 Å². The normalized spacial score (nSPS) is 11.7. The molecule has 0 bridgehead atoms. The van der Waals surface area contributed by atoms with Crippen molar-refractivity contribution in [1.82, 2.24) is 10.6 Å². The molecule has 2 rings (SSSR count). The van der Waals surface area contributed by atoms with Gasteiger partial charge in [-0.25, -0.2) is 4.79 Å². The summed E-state index contributed by atoms with van der Waals surface area (Å²) in [7, 11) is 1.36. The van der Waals surface area contributed by atoms with Crippen LogP contribution in [0.4, 0.5) is 19.3 Å². The second-order valence-corrected chi connectivity index (χ2v) is 7.09. The Hall–Kier alpha value is -3.36. The summed E-state index contributed by atoms with van der Waals surface area (Å²) in [5.74, 6) is -0.355. The van der Waals surface area contributed by atoms with Crippen molar-refractivity contribution in [3.63, 3.8) is 0 Å². The van der Waals surface area contributed by atoms with E-state index >= 15 is 0 Å². The van der Waals surface area contributed by atoms with Crippen LogP contribution in [-0.4, -0.2) is 38.2 Å². The van der Waals surface area contributed by atoms with Crippen LogP contribution >= 0.6 is 0 Å². The van der Waals surface area contributed by atoms with Crippen LogP contribution < -0.4 is 25.4 Å². The minimum absolute atomic E-state index is 0.0689. The molecular formula is C22H27F2N3O4. The quantitative estimate of drug-likeness (QED) is 0.530. The Balaban J connectivity index is 1.91. The van der Waals surface area contributed by atoms with Crippen LogP contribution in [0.25, 0.3) is 0 Å². The third-order valence-corrected chi connectivity index (χ3v) is 4.42. The molecule has 7 nitrogen and oxygen atoms in total. The first-order valence-corrected chi connectivity index (χ1v) is 9.82. The van der Waals surface area contributed by atoms with Crippen LogP contribution in [-0.2, 0) is 11.2 Å². The van der Waals surface area contributed by atoms with Crippen molar-refractivity contribution in [3.05, 3.63) is 54.1 Å². The summed E-state index contributed by atoms with van der Waals surface area (Å²) in [6, 6.07) is 12.4. The molecule has 0 aliphatic rings. The van der Waals surface area contributed by atoms with Crippen LogP contribution in [0, 0.1) is 5.92 Å². The fourth-order valence-corrected chi connectivity index (χ4v) is 2.87. The highest BCUT2D eigenvalue weighted by Crippen LogP contribution is 2.29. The number of hydrogen-bond acceptors (Lipinski definition) is 4. The van der Waals surface area contributed by atoms with Gasteiger partial charge in [0.1, 0.15) is 6.04 Å². The fraction of sp³-hybridized carbons (Fsp3) is 0.364. The molecular weight excluding hydrogens is 408 g/mol. The SMILES string of the molecule is COc1ccc(CCNC(=O)C(NC(=O)Nc2ccccc2)C(C)C)cc1OC(F)F. The lowest BCUT2D eigenvalue weighted by Gasteiger charge is -2.22. The zero-order chi connectivity index (χ0) is 22.8. The Labute approximate surface area is 180 Å². The smallest absolute Gasteiger partial charge is 0.387 e. The predicted molar refractivity (Wildman–Crippen MR) is 114 cm³/mol. The van der Waals surface area contributed by atoms with E-state index in [-0.39, 0.29) is 29.9 Å². The fourth-order valence-electron chi connectivity index (χ4n) is 2.87. The van der Waals surface area contributed by atoms with Crippen LogP contribution in [0.15, 0.2) is 48.5 Å². The molecule has 31 heavy (non-hydrogen) atoms. The highest BCUT2D eigenvalue weighted by atomic mass is 19.3. The van der Waals surface area contributed by atoms with Gasteiger partial charge in [-0.1, -0.05) is 38.1 Å². The molecule has 0 spiro atoms. The average Bonchev–Trinajstić information content (AvgIpc) is 2.72. The van der Waals surface area contributed by atoms with Gasteiger partial charge in [0.05, 0.1) is 7.11 Å². The maximum absolute atomic E-state index is 12.6. The van der Waals surface area contributed by atoms with E-state index in [9.17, 15) is 18.4 Å². The van der Waals surface area contributed by atoms with Gasteiger partial charge in [-0.05, 0) is 42.2 Å². The molecule has 0 fully saturated rings. The lowest BCUT2D eigenvalue weighted by atomic mass is 10.0. The largest absolute Gasteiger partial charge is 0.493 e. The van der Waals surface area contributed by atoms with E-state index in [2.05, 4.69) is 20.7 Å². The van der Waals surface area contributed by atoms with Gasteiger partial charge >= 0.3 is 12.6 Å². The molecule has 1 atom stereocenters. The summed E-state index contributed by atoms with van der Waals surface area (Å²) in [5, 5.41) is 8.13. The van der Waals surface area contributed by atoms with E-state index in [0.29, 0.717) is 17.7 Å². The number of carbonyl (C=O) groups excluding carboxylic acids is 2. The maximum Gasteiger partial charge on any atom is 0.387 e. The lowest BCUT2D eigenvalue weighted by molar-refractivity contribution is -0.123.